The Balaban J connectivity index is 1.87. The van der Waals surface area contributed by atoms with Gasteiger partial charge >= 0.3 is 0 Å². The molecule has 4 heteroatoms. The summed E-state index contributed by atoms with van der Waals surface area (Å²) < 4.78 is 0. The summed E-state index contributed by atoms with van der Waals surface area (Å²) in [4.78, 5) is 8.09. The van der Waals surface area contributed by atoms with Crippen LogP contribution in [0.15, 0.2) is 55.1 Å². The van der Waals surface area contributed by atoms with Crippen molar-refractivity contribution in [2.75, 3.05) is 11.1 Å². The number of nitrogens with two attached hydrogens (primary N) is 1. The molecular formula is C15H14N4. The number of anilines is 2. The molecule has 1 aromatic carbocycles. The number of rotatable bonds is 3. The number of hydrogen-bond acceptors (Lipinski definition) is 4. The number of nitrogens with zero attached hydrogens (tertiary/aromatic N) is 2. The molecule has 3 N–H and O–H groups in total. The third kappa shape index (κ3) is 2.33. The van der Waals surface area contributed by atoms with E-state index in [0.717, 1.165) is 28.7 Å². The average molecular weight is 250 g/mol. The molecule has 0 atom stereocenters. The lowest BCUT2D eigenvalue weighted by atomic mass is 10.1. The Morgan fingerprint density at radius 1 is 0.947 bits per heavy atom. The quantitative estimate of drug-likeness (QED) is 0.702. The molecule has 0 saturated heterocycles. The first-order valence-electron chi connectivity index (χ1n) is 6.09. The first-order chi connectivity index (χ1) is 9.34. The van der Waals surface area contributed by atoms with E-state index in [4.69, 9.17) is 5.73 Å². The maximum absolute atomic E-state index is 6.18. The van der Waals surface area contributed by atoms with E-state index in [1.54, 1.807) is 18.6 Å². The summed E-state index contributed by atoms with van der Waals surface area (Å²) in [6.45, 7) is 0.726. The number of benzene rings is 1. The molecule has 0 bridgehead atoms. The molecule has 0 saturated carbocycles. The van der Waals surface area contributed by atoms with Crippen LogP contribution in [0, 0.1) is 0 Å². The van der Waals surface area contributed by atoms with Gasteiger partial charge in [-0.1, -0.05) is 6.07 Å². The third-order valence-corrected chi connectivity index (χ3v) is 3.09. The molecule has 4 nitrogen and oxygen atoms in total. The number of aromatic nitrogens is 2. The molecule has 0 fully saturated rings. The first kappa shape index (κ1) is 11.5. The lowest BCUT2D eigenvalue weighted by Gasteiger charge is -2.11. The molecule has 0 amide bonds. The lowest BCUT2D eigenvalue weighted by molar-refractivity contribution is 1.13. The van der Waals surface area contributed by atoms with Crippen LogP contribution in [0.3, 0.4) is 0 Å². The highest BCUT2D eigenvalue weighted by molar-refractivity contribution is 5.98. The maximum atomic E-state index is 6.18. The van der Waals surface area contributed by atoms with Gasteiger partial charge in [0.05, 0.1) is 11.4 Å². The van der Waals surface area contributed by atoms with Crippen molar-refractivity contribution in [3.05, 3.63) is 60.7 Å². The van der Waals surface area contributed by atoms with Gasteiger partial charge < -0.3 is 11.1 Å². The molecule has 0 aliphatic heterocycles. The van der Waals surface area contributed by atoms with Gasteiger partial charge in [0.1, 0.15) is 0 Å². The van der Waals surface area contributed by atoms with E-state index >= 15 is 0 Å². The summed E-state index contributed by atoms with van der Waals surface area (Å²) in [5.74, 6) is 0. The largest absolute Gasteiger partial charge is 0.397 e. The van der Waals surface area contributed by atoms with Gasteiger partial charge in [0.2, 0.25) is 0 Å². The van der Waals surface area contributed by atoms with Gasteiger partial charge in [-0.15, -0.1) is 0 Å². The molecular weight excluding hydrogens is 236 g/mol. The molecule has 0 radical (unpaired) electrons. The van der Waals surface area contributed by atoms with Crippen LogP contribution in [0.1, 0.15) is 5.56 Å². The molecule has 94 valence electrons. The van der Waals surface area contributed by atoms with E-state index in [-0.39, 0.29) is 0 Å². The number of hydrogen-bond donors (Lipinski definition) is 2. The van der Waals surface area contributed by atoms with Crippen LogP contribution < -0.4 is 11.1 Å². The third-order valence-electron chi connectivity index (χ3n) is 3.09. The van der Waals surface area contributed by atoms with Gasteiger partial charge in [0, 0.05) is 42.1 Å². The zero-order chi connectivity index (χ0) is 13.1. The van der Waals surface area contributed by atoms with Crippen molar-refractivity contribution in [2.24, 2.45) is 0 Å². The Morgan fingerprint density at radius 2 is 1.74 bits per heavy atom. The predicted octanol–water partition coefficient (Wildman–Crippen LogP) is 2.82. The van der Waals surface area contributed by atoms with E-state index in [9.17, 15) is 0 Å². The van der Waals surface area contributed by atoms with Crippen LogP contribution >= 0.6 is 0 Å². The summed E-state index contributed by atoms with van der Waals surface area (Å²) in [6, 6.07) is 9.90. The summed E-state index contributed by atoms with van der Waals surface area (Å²) >= 11 is 0. The number of fused-ring (bicyclic) bond motifs is 1. The van der Waals surface area contributed by atoms with Gasteiger partial charge in [-0.25, -0.2) is 0 Å². The summed E-state index contributed by atoms with van der Waals surface area (Å²) in [5, 5.41) is 5.42. The average Bonchev–Trinajstić information content (AvgIpc) is 2.48. The fourth-order valence-electron chi connectivity index (χ4n) is 2.04. The topological polar surface area (TPSA) is 63.8 Å². The Kier molecular flexibility index (Phi) is 2.98. The fraction of sp³-hybridized carbons (Fsp3) is 0.0667. The Hall–Kier alpha value is -2.62. The standard InChI is InChI=1S/C15H14N4/c16-15-13-5-8-18-10-12(13)1-2-14(15)19-9-11-3-6-17-7-4-11/h1-8,10,19H,9,16H2. The molecule has 0 spiro atoms. The zero-order valence-electron chi connectivity index (χ0n) is 10.4. The highest BCUT2D eigenvalue weighted by Gasteiger charge is 2.03. The summed E-state index contributed by atoms with van der Waals surface area (Å²) in [6.07, 6.45) is 7.14. The Bertz CT molecular complexity index is 695. The smallest absolute Gasteiger partial charge is 0.0630 e. The van der Waals surface area contributed by atoms with Crippen LogP contribution in [0.5, 0.6) is 0 Å². The van der Waals surface area contributed by atoms with E-state index in [1.807, 2.05) is 36.5 Å². The first-order valence-corrected chi connectivity index (χ1v) is 6.09. The van der Waals surface area contributed by atoms with Crippen LogP contribution in [0.2, 0.25) is 0 Å². The SMILES string of the molecule is Nc1c(NCc2ccncc2)ccc2cnccc12. The minimum absolute atomic E-state index is 0.726. The van der Waals surface area contributed by atoms with Crippen LogP contribution in [-0.4, -0.2) is 9.97 Å². The van der Waals surface area contributed by atoms with E-state index in [2.05, 4.69) is 15.3 Å². The highest BCUT2D eigenvalue weighted by Crippen LogP contribution is 2.28. The van der Waals surface area contributed by atoms with Crippen molar-refractivity contribution in [1.29, 1.82) is 0 Å². The number of pyridine rings is 2. The zero-order valence-corrected chi connectivity index (χ0v) is 10.4. The minimum Gasteiger partial charge on any atom is -0.397 e. The molecule has 2 heterocycles. The van der Waals surface area contributed by atoms with Crippen LogP contribution in [-0.2, 0) is 6.54 Å². The van der Waals surface area contributed by atoms with Gasteiger partial charge in [-0.3, -0.25) is 9.97 Å². The molecule has 3 aromatic rings. The minimum atomic E-state index is 0.726. The van der Waals surface area contributed by atoms with Gasteiger partial charge in [0.15, 0.2) is 0 Å². The fourth-order valence-corrected chi connectivity index (χ4v) is 2.04. The van der Waals surface area contributed by atoms with Crippen molar-refractivity contribution in [1.82, 2.24) is 9.97 Å². The highest BCUT2D eigenvalue weighted by atomic mass is 14.9. The second-order valence-electron chi connectivity index (χ2n) is 4.33. The van der Waals surface area contributed by atoms with Gasteiger partial charge in [-0.2, -0.15) is 0 Å². The van der Waals surface area contributed by atoms with E-state index in [1.165, 1.54) is 5.56 Å². The van der Waals surface area contributed by atoms with Crippen LogP contribution in [0.25, 0.3) is 10.8 Å². The Labute approximate surface area is 111 Å². The van der Waals surface area contributed by atoms with Crippen molar-refractivity contribution in [3.63, 3.8) is 0 Å². The molecule has 2 aromatic heterocycles. The molecule has 0 aliphatic rings. The summed E-state index contributed by atoms with van der Waals surface area (Å²) in [5.41, 5.74) is 9.05. The van der Waals surface area contributed by atoms with Gasteiger partial charge in [0.25, 0.3) is 0 Å². The lowest BCUT2D eigenvalue weighted by Crippen LogP contribution is -2.03. The molecule has 3 rings (SSSR count). The number of nitrogens with one attached hydrogen (secondary N) is 1. The number of nitrogen functional groups attached to an aromatic ring is 1. The normalized spacial score (nSPS) is 10.5. The van der Waals surface area contributed by atoms with Gasteiger partial charge in [-0.05, 0) is 29.8 Å². The molecule has 0 unspecified atom stereocenters. The predicted molar refractivity (Wildman–Crippen MR) is 77.7 cm³/mol. The van der Waals surface area contributed by atoms with Crippen molar-refractivity contribution in [3.8, 4) is 0 Å². The van der Waals surface area contributed by atoms with Crippen molar-refractivity contribution < 1.29 is 0 Å². The maximum Gasteiger partial charge on any atom is 0.0630 e. The Morgan fingerprint density at radius 3 is 2.58 bits per heavy atom. The van der Waals surface area contributed by atoms with Crippen molar-refractivity contribution >= 4 is 22.1 Å². The van der Waals surface area contributed by atoms with Crippen molar-refractivity contribution in [2.45, 2.75) is 6.54 Å². The second kappa shape index (κ2) is 4.94. The molecule has 19 heavy (non-hydrogen) atoms. The molecule has 0 aliphatic carbocycles. The monoisotopic (exact) mass is 250 g/mol. The summed E-state index contributed by atoms with van der Waals surface area (Å²) in [7, 11) is 0. The van der Waals surface area contributed by atoms with Crippen LogP contribution in [0.4, 0.5) is 11.4 Å². The van der Waals surface area contributed by atoms with E-state index < -0.39 is 0 Å². The second-order valence-corrected chi connectivity index (χ2v) is 4.33. The van der Waals surface area contributed by atoms with E-state index in [0.29, 0.717) is 0 Å².